The van der Waals surface area contributed by atoms with Crippen molar-refractivity contribution < 1.29 is 4.74 Å². The van der Waals surface area contributed by atoms with Crippen LogP contribution in [0.5, 0.6) is 5.75 Å². The number of methoxy groups -OCH3 is 1. The van der Waals surface area contributed by atoms with Gasteiger partial charge in [0.1, 0.15) is 5.75 Å². The molecular formula is C12H19NO. The monoisotopic (exact) mass is 193 g/mol. The van der Waals surface area contributed by atoms with Crippen LogP contribution in [0.25, 0.3) is 0 Å². The van der Waals surface area contributed by atoms with Crippen LogP contribution < -0.4 is 10.5 Å². The van der Waals surface area contributed by atoms with Gasteiger partial charge in [-0.05, 0) is 30.0 Å². The maximum Gasteiger partial charge on any atom is 0.121 e. The van der Waals surface area contributed by atoms with E-state index in [1.165, 1.54) is 5.56 Å². The van der Waals surface area contributed by atoms with Crippen LogP contribution in [0.2, 0.25) is 0 Å². The van der Waals surface area contributed by atoms with Crippen molar-refractivity contribution in [2.75, 3.05) is 7.11 Å². The van der Waals surface area contributed by atoms with Crippen LogP contribution in [-0.4, -0.2) is 7.11 Å². The Morgan fingerprint density at radius 3 is 2.36 bits per heavy atom. The average molecular weight is 193 g/mol. The standard InChI is InChI=1S/C12H19NO/c1-8(2)12(13)10-5-6-11(14-4)9(3)7-10/h5-8,12H,13H2,1-4H3. The van der Waals surface area contributed by atoms with E-state index in [2.05, 4.69) is 19.9 Å². The lowest BCUT2D eigenvalue weighted by Crippen LogP contribution is -2.16. The third-order valence-corrected chi connectivity index (χ3v) is 2.52. The molecule has 1 aromatic rings. The summed E-state index contributed by atoms with van der Waals surface area (Å²) in [4.78, 5) is 0. The second kappa shape index (κ2) is 4.47. The highest BCUT2D eigenvalue weighted by atomic mass is 16.5. The fourth-order valence-corrected chi connectivity index (χ4v) is 1.49. The Hall–Kier alpha value is -1.02. The first-order valence-electron chi connectivity index (χ1n) is 4.96. The van der Waals surface area contributed by atoms with Crippen molar-refractivity contribution in [1.29, 1.82) is 0 Å². The van der Waals surface area contributed by atoms with Crippen molar-refractivity contribution in [1.82, 2.24) is 0 Å². The van der Waals surface area contributed by atoms with Gasteiger partial charge in [-0.3, -0.25) is 0 Å². The molecular weight excluding hydrogens is 174 g/mol. The van der Waals surface area contributed by atoms with Crippen molar-refractivity contribution in [3.05, 3.63) is 29.3 Å². The van der Waals surface area contributed by atoms with E-state index >= 15 is 0 Å². The molecule has 0 amide bonds. The van der Waals surface area contributed by atoms with Crippen molar-refractivity contribution in [3.8, 4) is 5.75 Å². The van der Waals surface area contributed by atoms with E-state index in [0.717, 1.165) is 11.3 Å². The van der Waals surface area contributed by atoms with Crippen LogP contribution in [0.15, 0.2) is 18.2 Å². The molecule has 1 unspecified atom stereocenters. The first-order valence-corrected chi connectivity index (χ1v) is 4.96. The summed E-state index contributed by atoms with van der Waals surface area (Å²) in [6.45, 7) is 6.30. The minimum absolute atomic E-state index is 0.111. The maximum absolute atomic E-state index is 6.06. The van der Waals surface area contributed by atoms with Crippen LogP contribution >= 0.6 is 0 Å². The average Bonchev–Trinajstić information content (AvgIpc) is 2.16. The Morgan fingerprint density at radius 1 is 1.29 bits per heavy atom. The lowest BCUT2D eigenvalue weighted by atomic mass is 9.96. The van der Waals surface area contributed by atoms with E-state index in [1.54, 1.807) is 7.11 Å². The summed E-state index contributed by atoms with van der Waals surface area (Å²) in [5, 5.41) is 0. The molecule has 2 nitrogen and oxygen atoms in total. The Kier molecular flexibility index (Phi) is 3.53. The molecule has 78 valence electrons. The molecule has 0 aliphatic heterocycles. The van der Waals surface area contributed by atoms with E-state index in [1.807, 2.05) is 19.1 Å². The van der Waals surface area contributed by atoms with Gasteiger partial charge in [-0.15, -0.1) is 0 Å². The van der Waals surface area contributed by atoms with E-state index in [9.17, 15) is 0 Å². The second-order valence-electron chi connectivity index (χ2n) is 4.00. The Labute approximate surface area is 86.1 Å². The molecule has 0 aromatic heterocycles. The molecule has 14 heavy (non-hydrogen) atoms. The molecule has 0 spiro atoms. The van der Waals surface area contributed by atoms with Gasteiger partial charge >= 0.3 is 0 Å². The molecule has 2 N–H and O–H groups in total. The number of hydrogen-bond donors (Lipinski definition) is 1. The molecule has 0 saturated carbocycles. The van der Waals surface area contributed by atoms with Crippen LogP contribution in [0.4, 0.5) is 0 Å². The quantitative estimate of drug-likeness (QED) is 0.801. The van der Waals surface area contributed by atoms with Gasteiger partial charge in [0.05, 0.1) is 7.11 Å². The van der Waals surface area contributed by atoms with Gasteiger partial charge in [0.25, 0.3) is 0 Å². The Bertz CT molecular complexity index is 307. The number of ether oxygens (including phenoxy) is 1. The zero-order valence-electron chi connectivity index (χ0n) is 9.37. The summed E-state index contributed by atoms with van der Waals surface area (Å²) in [5.41, 5.74) is 8.38. The molecule has 0 saturated heterocycles. The lowest BCUT2D eigenvalue weighted by molar-refractivity contribution is 0.411. The zero-order chi connectivity index (χ0) is 10.7. The Balaban J connectivity index is 2.96. The smallest absolute Gasteiger partial charge is 0.121 e. The van der Waals surface area contributed by atoms with Gasteiger partial charge < -0.3 is 10.5 Å². The number of aryl methyl sites for hydroxylation is 1. The van der Waals surface area contributed by atoms with Crippen molar-refractivity contribution >= 4 is 0 Å². The molecule has 2 heteroatoms. The van der Waals surface area contributed by atoms with Gasteiger partial charge in [-0.2, -0.15) is 0 Å². The number of nitrogens with two attached hydrogens (primary N) is 1. The highest BCUT2D eigenvalue weighted by Gasteiger charge is 2.11. The highest BCUT2D eigenvalue weighted by Crippen LogP contribution is 2.24. The summed E-state index contributed by atoms with van der Waals surface area (Å²) in [7, 11) is 1.68. The molecule has 1 aromatic carbocycles. The topological polar surface area (TPSA) is 35.2 Å². The fourth-order valence-electron chi connectivity index (χ4n) is 1.49. The zero-order valence-corrected chi connectivity index (χ0v) is 9.37. The van der Waals surface area contributed by atoms with Gasteiger partial charge in [-0.25, -0.2) is 0 Å². The highest BCUT2D eigenvalue weighted by molar-refractivity contribution is 5.37. The van der Waals surface area contributed by atoms with Gasteiger partial charge in [0.15, 0.2) is 0 Å². The minimum Gasteiger partial charge on any atom is -0.496 e. The van der Waals surface area contributed by atoms with Crippen LogP contribution in [-0.2, 0) is 0 Å². The molecule has 0 aliphatic rings. The Morgan fingerprint density at radius 2 is 1.93 bits per heavy atom. The van der Waals surface area contributed by atoms with Gasteiger partial charge in [0.2, 0.25) is 0 Å². The van der Waals surface area contributed by atoms with Crippen molar-refractivity contribution in [2.45, 2.75) is 26.8 Å². The number of benzene rings is 1. The maximum atomic E-state index is 6.06. The van der Waals surface area contributed by atoms with Gasteiger partial charge in [-0.1, -0.05) is 26.0 Å². The molecule has 0 radical (unpaired) electrons. The van der Waals surface area contributed by atoms with E-state index in [4.69, 9.17) is 10.5 Å². The molecule has 0 bridgehead atoms. The summed E-state index contributed by atoms with van der Waals surface area (Å²) in [6, 6.07) is 6.23. The number of rotatable bonds is 3. The fraction of sp³-hybridized carbons (Fsp3) is 0.500. The predicted octanol–water partition coefficient (Wildman–Crippen LogP) is 2.66. The summed E-state index contributed by atoms with van der Waals surface area (Å²) in [6.07, 6.45) is 0. The minimum atomic E-state index is 0.111. The van der Waals surface area contributed by atoms with Crippen LogP contribution in [0.3, 0.4) is 0 Å². The van der Waals surface area contributed by atoms with E-state index in [-0.39, 0.29) is 6.04 Å². The van der Waals surface area contributed by atoms with E-state index in [0.29, 0.717) is 5.92 Å². The summed E-state index contributed by atoms with van der Waals surface area (Å²) >= 11 is 0. The second-order valence-corrected chi connectivity index (χ2v) is 4.00. The summed E-state index contributed by atoms with van der Waals surface area (Å²) < 4.78 is 5.20. The molecule has 0 aliphatic carbocycles. The lowest BCUT2D eigenvalue weighted by Gasteiger charge is -2.17. The van der Waals surface area contributed by atoms with Crippen molar-refractivity contribution in [2.24, 2.45) is 11.7 Å². The largest absolute Gasteiger partial charge is 0.496 e. The predicted molar refractivity (Wildman–Crippen MR) is 59.5 cm³/mol. The molecule has 1 rings (SSSR count). The first-order chi connectivity index (χ1) is 6.56. The third kappa shape index (κ3) is 2.26. The van der Waals surface area contributed by atoms with Crippen molar-refractivity contribution in [3.63, 3.8) is 0 Å². The molecule has 0 heterocycles. The van der Waals surface area contributed by atoms with Crippen LogP contribution in [0.1, 0.15) is 31.0 Å². The molecule has 0 fully saturated rings. The van der Waals surface area contributed by atoms with Crippen LogP contribution in [0, 0.1) is 12.8 Å². The number of hydrogen-bond acceptors (Lipinski definition) is 2. The summed E-state index contributed by atoms with van der Waals surface area (Å²) in [5.74, 6) is 1.38. The third-order valence-electron chi connectivity index (χ3n) is 2.52. The SMILES string of the molecule is COc1ccc(C(N)C(C)C)cc1C. The normalized spacial score (nSPS) is 13.0. The molecule has 1 atom stereocenters. The first kappa shape index (κ1) is 11.1. The van der Waals surface area contributed by atoms with E-state index < -0.39 is 0 Å². The van der Waals surface area contributed by atoms with Gasteiger partial charge in [0, 0.05) is 6.04 Å².